The number of aromatic carboxylic acids is 1. The van der Waals surface area contributed by atoms with Crippen molar-refractivity contribution in [1.29, 1.82) is 0 Å². The summed E-state index contributed by atoms with van der Waals surface area (Å²) in [5, 5.41) is 11.5. The quantitative estimate of drug-likeness (QED) is 0.906. The fourth-order valence-electron chi connectivity index (χ4n) is 2.44. The molecule has 0 unspecified atom stereocenters. The van der Waals surface area contributed by atoms with Gasteiger partial charge in [0.25, 0.3) is 0 Å². The lowest BCUT2D eigenvalue weighted by molar-refractivity contribution is 0.0696. The highest BCUT2D eigenvalue weighted by atomic mass is 79.9. The van der Waals surface area contributed by atoms with Gasteiger partial charge < -0.3 is 10.0 Å². The van der Waals surface area contributed by atoms with Gasteiger partial charge in [0.15, 0.2) is 0 Å². The summed E-state index contributed by atoms with van der Waals surface area (Å²) in [7, 11) is 0. The number of carboxylic acid groups (broad SMARTS) is 1. The van der Waals surface area contributed by atoms with E-state index >= 15 is 0 Å². The van der Waals surface area contributed by atoms with Gasteiger partial charge in [0, 0.05) is 22.4 Å². The molecular weight excluding hydrogens is 326 g/mol. The van der Waals surface area contributed by atoms with Crippen LogP contribution in [0.25, 0.3) is 0 Å². The van der Waals surface area contributed by atoms with Crippen LogP contribution in [-0.4, -0.2) is 17.6 Å². The molecule has 2 aromatic rings. The molecule has 0 atom stereocenters. The van der Waals surface area contributed by atoms with E-state index in [1.165, 1.54) is 10.4 Å². The molecule has 19 heavy (non-hydrogen) atoms. The third-order valence-corrected chi connectivity index (χ3v) is 5.04. The molecule has 0 amide bonds. The molecule has 0 spiro atoms. The van der Waals surface area contributed by atoms with Crippen molar-refractivity contribution in [3.05, 3.63) is 50.1 Å². The van der Waals surface area contributed by atoms with Gasteiger partial charge in [-0.05, 0) is 51.5 Å². The molecule has 98 valence electrons. The normalized spacial score (nSPS) is 14.3. The fraction of sp³-hybridized carbons (Fsp3) is 0.214. The summed E-state index contributed by atoms with van der Waals surface area (Å²) in [6, 6.07) is 7.66. The molecule has 0 saturated heterocycles. The van der Waals surface area contributed by atoms with Crippen LogP contribution in [0.15, 0.2) is 34.1 Å². The second-order valence-electron chi connectivity index (χ2n) is 4.48. The highest BCUT2D eigenvalue weighted by Crippen LogP contribution is 2.32. The van der Waals surface area contributed by atoms with E-state index in [4.69, 9.17) is 0 Å². The number of nitrogens with zero attached hydrogens (tertiary/aromatic N) is 1. The van der Waals surface area contributed by atoms with E-state index < -0.39 is 5.97 Å². The topological polar surface area (TPSA) is 40.5 Å². The highest BCUT2D eigenvalue weighted by molar-refractivity contribution is 9.10. The van der Waals surface area contributed by atoms with E-state index in [-0.39, 0.29) is 0 Å². The zero-order chi connectivity index (χ0) is 13.4. The Kier molecular flexibility index (Phi) is 3.33. The Balaban J connectivity index is 2.00. The summed E-state index contributed by atoms with van der Waals surface area (Å²) in [4.78, 5) is 15.0. The summed E-state index contributed by atoms with van der Waals surface area (Å²) >= 11 is 5.12. The Labute approximate surface area is 123 Å². The van der Waals surface area contributed by atoms with Crippen LogP contribution < -0.4 is 4.90 Å². The summed E-state index contributed by atoms with van der Waals surface area (Å²) in [5.41, 5.74) is 2.45. The minimum atomic E-state index is -0.890. The maximum Gasteiger partial charge on any atom is 0.338 e. The third kappa shape index (κ3) is 2.28. The van der Waals surface area contributed by atoms with Crippen molar-refractivity contribution in [3.63, 3.8) is 0 Å². The van der Waals surface area contributed by atoms with Crippen LogP contribution in [0.4, 0.5) is 5.69 Å². The van der Waals surface area contributed by atoms with Gasteiger partial charge in [-0.2, -0.15) is 0 Å². The van der Waals surface area contributed by atoms with Gasteiger partial charge in [-0.1, -0.05) is 6.07 Å². The molecule has 3 rings (SSSR count). The predicted molar refractivity (Wildman–Crippen MR) is 80.2 cm³/mol. The van der Waals surface area contributed by atoms with Crippen LogP contribution in [0, 0.1) is 0 Å². The van der Waals surface area contributed by atoms with Crippen molar-refractivity contribution < 1.29 is 9.90 Å². The van der Waals surface area contributed by atoms with Crippen LogP contribution in [0.2, 0.25) is 0 Å². The number of thiophene rings is 1. The zero-order valence-corrected chi connectivity index (χ0v) is 12.5. The van der Waals surface area contributed by atoms with Crippen molar-refractivity contribution in [2.24, 2.45) is 0 Å². The van der Waals surface area contributed by atoms with Crippen molar-refractivity contribution in [2.45, 2.75) is 13.0 Å². The molecule has 0 bridgehead atoms. The number of rotatable bonds is 2. The van der Waals surface area contributed by atoms with Crippen LogP contribution in [-0.2, 0) is 13.0 Å². The standard InChI is InChI=1S/C14H12BrNO2S/c15-10-2-1-3-11(13(10)14(17)18)16-6-4-12-9(8-16)5-7-19-12/h1-3,5,7H,4,6,8H2,(H,17,18). The molecule has 5 heteroatoms. The van der Waals surface area contributed by atoms with Crippen molar-refractivity contribution >= 4 is 38.9 Å². The first kappa shape index (κ1) is 12.7. The van der Waals surface area contributed by atoms with Gasteiger partial charge in [-0.25, -0.2) is 4.79 Å². The molecule has 1 N–H and O–H groups in total. The molecule has 1 aliphatic heterocycles. The average Bonchev–Trinajstić information content (AvgIpc) is 2.85. The van der Waals surface area contributed by atoms with Gasteiger partial charge in [0.2, 0.25) is 0 Å². The van der Waals surface area contributed by atoms with Gasteiger partial charge in [0.05, 0.1) is 11.3 Å². The highest BCUT2D eigenvalue weighted by Gasteiger charge is 2.23. The largest absolute Gasteiger partial charge is 0.478 e. The monoisotopic (exact) mass is 337 g/mol. The maximum atomic E-state index is 11.4. The fourth-order valence-corrected chi connectivity index (χ4v) is 3.86. The number of anilines is 1. The first-order valence-electron chi connectivity index (χ1n) is 5.99. The Hall–Kier alpha value is -1.33. The molecule has 3 nitrogen and oxygen atoms in total. The first-order chi connectivity index (χ1) is 9.16. The number of carboxylic acids is 1. The van der Waals surface area contributed by atoms with Crippen LogP contribution in [0.1, 0.15) is 20.8 Å². The number of hydrogen-bond donors (Lipinski definition) is 1. The second-order valence-corrected chi connectivity index (χ2v) is 6.33. The molecule has 2 heterocycles. The van der Waals surface area contributed by atoms with Crippen LogP contribution in [0.3, 0.4) is 0 Å². The summed E-state index contributed by atoms with van der Waals surface area (Å²) in [5.74, 6) is -0.890. The molecule has 0 saturated carbocycles. The SMILES string of the molecule is O=C(O)c1c(Br)cccc1N1CCc2sccc2C1. The molecule has 0 fully saturated rings. The molecular formula is C14H12BrNO2S. The minimum absolute atomic E-state index is 0.348. The van der Waals surface area contributed by atoms with Gasteiger partial charge >= 0.3 is 5.97 Å². The third-order valence-electron chi connectivity index (χ3n) is 3.35. The summed E-state index contributed by atoms with van der Waals surface area (Å²) < 4.78 is 0.633. The van der Waals surface area contributed by atoms with E-state index in [1.807, 2.05) is 12.1 Å². The Bertz CT molecular complexity index is 638. The van der Waals surface area contributed by atoms with Gasteiger partial charge in [-0.3, -0.25) is 0 Å². The van der Waals surface area contributed by atoms with E-state index in [2.05, 4.69) is 32.3 Å². The Morgan fingerprint density at radius 1 is 1.37 bits per heavy atom. The zero-order valence-electron chi connectivity index (χ0n) is 10.1. The average molecular weight is 338 g/mol. The van der Waals surface area contributed by atoms with Crippen molar-refractivity contribution in [3.8, 4) is 0 Å². The number of carbonyl (C=O) groups is 1. The first-order valence-corrected chi connectivity index (χ1v) is 7.66. The summed E-state index contributed by atoms with van der Waals surface area (Å²) in [6.07, 6.45) is 0.985. The van der Waals surface area contributed by atoms with E-state index in [1.54, 1.807) is 17.4 Å². The Morgan fingerprint density at radius 2 is 2.21 bits per heavy atom. The molecule has 0 aliphatic carbocycles. The molecule has 1 aromatic heterocycles. The number of benzene rings is 1. The summed E-state index contributed by atoms with van der Waals surface area (Å²) in [6.45, 7) is 1.65. The predicted octanol–water partition coefficient (Wildman–Crippen LogP) is 3.77. The van der Waals surface area contributed by atoms with Gasteiger partial charge in [0.1, 0.15) is 0 Å². The number of fused-ring (bicyclic) bond motifs is 1. The maximum absolute atomic E-state index is 11.4. The molecule has 1 aliphatic rings. The molecule has 1 aromatic carbocycles. The minimum Gasteiger partial charge on any atom is -0.478 e. The van der Waals surface area contributed by atoms with Crippen LogP contribution in [0.5, 0.6) is 0 Å². The number of hydrogen-bond acceptors (Lipinski definition) is 3. The number of halogens is 1. The van der Waals surface area contributed by atoms with Crippen LogP contribution >= 0.6 is 27.3 Å². The smallest absolute Gasteiger partial charge is 0.338 e. The van der Waals surface area contributed by atoms with Gasteiger partial charge in [-0.15, -0.1) is 11.3 Å². The van der Waals surface area contributed by atoms with Crippen molar-refractivity contribution in [2.75, 3.05) is 11.4 Å². The second kappa shape index (κ2) is 4.98. The van der Waals surface area contributed by atoms with E-state index in [9.17, 15) is 9.90 Å². The van der Waals surface area contributed by atoms with Crippen molar-refractivity contribution in [1.82, 2.24) is 0 Å². The Morgan fingerprint density at radius 3 is 3.00 bits per heavy atom. The van der Waals surface area contributed by atoms with E-state index in [0.29, 0.717) is 10.0 Å². The van der Waals surface area contributed by atoms with E-state index in [0.717, 1.165) is 25.2 Å². The lowest BCUT2D eigenvalue weighted by atomic mass is 10.1. The lowest BCUT2D eigenvalue weighted by Crippen LogP contribution is -2.30. The molecule has 0 radical (unpaired) electrons. The lowest BCUT2D eigenvalue weighted by Gasteiger charge is -2.30.